The van der Waals surface area contributed by atoms with E-state index in [1.54, 1.807) is 0 Å². The first kappa shape index (κ1) is 14.7. The van der Waals surface area contributed by atoms with Crippen LogP contribution in [0.25, 0.3) is 0 Å². The van der Waals surface area contributed by atoms with E-state index in [0.717, 1.165) is 25.0 Å². The highest BCUT2D eigenvalue weighted by Gasteiger charge is 2.46. The molecule has 118 valence electrons. The second kappa shape index (κ2) is 5.19. The number of alkyl halides is 3. The van der Waals surface area contributed by atoms with Gasteiger partial charge >= 0.3 is 6.36 Å². The number of carbonyl (C=O) groups excluding carboxylic acids is 2. The predicted molar refractivity (Wildman–Crippen MR) is 70.0 cm³/mol. The van der Waals surface area contributed by atoms with Crippen molar-refractivity contribution in [2.45, 2.75) is 37.7 Å². The van der Waals surface area contributed by atoms with Crippen LogP contribution in [0.2, 0.25) is 0 Å². The first-order chi connectivity index (χ1) is 10.3. The maximum absolute atomic E-state index is 12.1. The minimum atomic E-state index is -4.74. The highest BCUT2D eigenvalue weighted by molar-refractivity contribution is 6.07. The van der Waals surface area contributed by atoms with E-state index in [0.29, 0.717) is 5.69 Å². The molecule has 1 unspecified atom stereocenters. The minimum Gasteiger partial charge on any atom is -0.406 e. The van der Waals surface area contributed by atoms with Gasteiger partial charge in [0.15, 0.2) is 0 Å². The van der Waals surface area contributed by atoms with Crippen LogP contribution in [0.3, 0.4) is 0 Å². The fourth-order valence-corrected chi connectivity index (χ4v) is 2.43. The Balaban J connectivity index is 1.64. The zero-order valence-corrected chi connectivity index (χ0v) is 11.4. The van der Waals surface area contributed by atoms with Crippen molar-refractivity contribution in [1.82, 2.24) is 4.90 Å². The van der Waals surface area contributed by atoms with Crippen molar-refractivity contribution < 1.29 is 27.5 Å². The summed E-state index contributed by atoms with van der Waals surface area (Å²) in [7, 11) is 0. The van der Waals surface area contributed by atoms with Crippen molar-refractivity contribution in [2.75, 3.05) is 5.32 Å². The van der Waals surface area contributed by atoms with Gasteiger partial charge in [-0.2, -0.15) is 0 Å². The second-order valence-corrected chi connectivity index (χ2v) is 5.31. The first-order valence-electron chi connectivity index (χ1n) is 6.82. The number of rotatable bonds is 4. The van der Waals surface area contributed by atoms with E-state index in [-0.39, 0.29) is 30.0 Å². The van der Waals surface area contributed by atoms with Gasteiger partial charge in [0.1, 0.15) is 11.8 Å². The summed E-state index contributed by atoms with van der Waals surface area (Å²) < 4.78 is 40.0. The van der Waals surface area contributed by atoms with Crippen molar-refractivity contribution in [1.29, 1.82) is 0 Å². The van der Waals surface area contributed by atoms with Crippen molar-refractivity contribution in [2.24, 2.45) is 0 Å². The van der Waals surface area contributed by atoms with Crippen LogP contribution < -0.4 is 10.1 Å². The molecule has 1 aromatic carbocycles. The largest absolute Gasteiger partial charge is 0.573 e. The maximum Gasteiger partial charge on any atom is 0.573 e. The third-order valence-corrected chi connectivity index (χ3v) is 3.52. The summed E-state index contributed by atoms with van der Waals surface area (Å²) in [6, 6.07) is 4.40. The molecule has 1 saturated carbocycles. The van der Waals surface area contributed by atoms with Crippen molar-refractivity contribution in [3.8, 4) is 5.75 Å². The maximum atomic E-state index is 12.1. The number of nitrogens with zero attached hydrogens (tertiary/aromatic N) is 1. The lowest BCUT2D eigenvalue weighted by atomic mass is 10.2. The standard InChI is InChI=1S/C14H13F3N2O3/c15-14(16,17)22-10-5-1-8(2-6-10)18-11-7-12(20)19(13(11)21)9-3-4-9/h1-2,5-6,9,11,18H,3-4,7H2. The third kappa shape index (κ3) is 3.15. The van der Waals surface area contributed by atoms with Crippen LogP contribution in [0.4, 0.5) is 18.9 Å². The van der Waals surface area contributed by atoms with Crippen LogP contribution in [-0.4, -0.2) is 35.2 Å². The SMILES string of the molecule is O=C1CC(Nc2ccc(OC(F)(F)F)cc2)C(=O)N1C1CC1. The Morgan fingerprint density at radius 2 is 1.77 bits per heavy atom. The van der Waals surface area contributed by atoms with Gasteiger partial charge in [-0.25, -0.2) is 0 Å². The summed E-state index contributed by atoms with van der Waals surface area (Å²) in [5, 5.41) is 2.87. The summed E-state index contributed by atoms with van der Waals surface area (Å²) in [6.45, 7) is 0. The number of nitrogens with one attached hydrogen (secondary N) is 1. The fourth-order valence-electron chi connectivity index (χ4n) is 2.43. The lowest BCUT2D eigenvalue weighted by Crippen LogP contribution is -2.36. The molecule has 0 spiro atoms. The lowest BCUT2D eigenvalue weighted by Gasteiger charge is -2.15. The molecule has 1 aliphatic heterocycles. The van der Waals surface area contributed by atoms with Gasteiger partial charge in [-0.1, -0.05) is 0 Å². The van der Waals surface area contributed by atoms with E-state index in [9.17, 15) is 22.8 Å². The zero-order chi connectivity index (χ0) is 15.9. The molecule has 5 nitrogen and oxygen atoms in total. The number of amides is 2. The van der Waals surface area contributed by atoms with Gasteiger partial charge in [0.05, 0.1) is 6.42 Å². The third-order valence-electron chi connectivity index (χ3n) is 3.52. The number of hydrogen-bond acceptors (Lipinski definition) is 4. The predicted octanol–water partition coefficient (Wildman–Crippen LogP) is 2.29. The van der Waals surface area contributed by atoms with Gasteiger partial charge in [0.25, 0.3) is 5.91 Å². The van der Waals surface area contributed by atoms with E-state index < -0.39 is 12.4 Å². The zero-order valence-electron chi connectivity index (χ0n) is 11.4. The number of ether oxygens (including phenoxy) is 1. The molecule has 0 aromatic heterocycles. The Kier molecular flexibility index (Phi) is 3.46. The highest BCUT2D eigenvalue weighted by atomic mass is 19.4. The molecule has 2 aliphatic rings. The van der Waals surface area contributed by atoms with E-state index in [2.05, 4.69) is 10.1 Å². The number of imide groups is 1. The smallest absolute Gasteiger partial charge is 0.406 e. The van der Waals surface area contributed by atoms with E-state index in [4.69, 9.17) is 0 Å². The lowest BCUT2D eigenvalue weighted by molar-refractivity contribution is -0.274. The van der Waals surface area contributed by atoms with E-state index >= 15 is 0 Å². The molecule has 1 atom stereocenters. The Morgan fingerprint density at radius 1 is 1.14 bits per heavy atom. The minimum absolute atomic E-state index is 0.0226. The second-order valence-electron chi connectivity index (χ2n) is 5.31. The van der Waals surface area contributed by atoms with Crippen molar-refractivity contribution in [3.05, 3.63) is 24.3 Å². The molecule has 0 radical (unpaired) electrons. The normalized spacial score (nSPS) is 22.1. The molecule has 22 heavy (non-hydrogen) atoms. The quantitative estimate of drug-likeness (QED) is 0.866. The Bertz CT molecular complexity index is 596. The summed E-state index contributed by atoms with van der Waals surface area (Å²) in [6.07, 6.45) is -2.99. The molecular formula is C14H13F3N2O3. The molecule has 1 saturated heterocycles. The van der Waals surface area contributed by atoms with Gasteiger partial charge in [0, 0.05) is 11.7 Å². The Labute approximate surface area is 124 Å². The van der Waals surface area contributed by atoms with Crippen LogP contribution in [0.5, 0.6) is 5.75 Å². The molecule has 1 N–H and O–H groups in total. The number of halogens is 3. The van der Waals surface area contributed by atoms with Crippen LogP contribution in [0.15, 0.2) is 24.3 Å². The molecule has 8 heteroatoms. The molecular weight excluding hydrogens is 301 g/mol. The molecule has 0 bridgehead atoms. The Hall–Kier alpha value is -2.25. The fraction of sp³-hybridized carbons (Fsp3) is 0.429. The highest BCUT2D eigenvalue weighted by Crippen LogP contribution is 2.32. The molecule has 1 aliphatic carbocycles. The van der Waals surface area contributed by atoms with Gasteiger partial charge in [0.2, 0.25) is 5.91 Å². The number of likely N-dealkylation sites (tertiary alicyclic amines) is 1. The topological polar surface area (TPSA) is 58.6 Å². The van der Waals surface area contributed by atoms with Gasteiger partial charge < -0.3 is 10.1 Å². The van der Waals surface area contributed by atoms with Crippen LogP contribution >= 0.6 is 0 Å². The number of carbonyl (C=O) groups is 2. The van der Waals surface area contributed by atoms with Crippen LogP contribution in [-0.2, 0) is 9.59 Å². The van der Waals surface area contributed by atoms with Crippen molar-refractivity contribution >= 4 is 17.5 Å². The van der Waals surface area contributed by atoms with Crippen LogP contribution in [0.1, 0.15) is 19.3 Å². The first-order valence-corrected chi connectivity index (χ1v) is 6.82. The molecule has 1 heterocycles. The van der Waals surface area contributed by atoms with Crippen molar-refractivity contribution in [3.63, 3.8) is 0 Å². The summed E-state index contributed by atoms with van der Waals surface area (Å²) >= 11 is 0. The summed E-state index contributed by atoms with van der Waals surface area (Å²) in [5.41, 5.74) is 0.457. The van der Waals surface area contributed by atoms with Gasteiger partial charge in [-0.15, -0.1) is 13.2 Å². The molecule has 2 fully saturated rings. The molecule has 1 aromatic rings. The molecule has 2 amide bonds. The number of benzene rings is 1. The average Bonchev–Trinajstić information content (AvgIpc) is 3.19. The van der Waals surface area contributed by atoms with Crippen LogP contribution in [0, 0.1) is 0 Å². The number of hydrogen-bond donors (Lipinski definition) is 1. The summed E-state index contributed by atoms with van der Waals surface area (Å²) in [5.74, 6) is -0.823. The van der Waals surface area contributed by atoms with E-state index in [1.807, 2.05) is 0 Å². The molecule has 3 rings (SSSR count). The Morgan fingerprint density at radius 3 is 2.32 bits per heavy atom. The summed E-state index contributed by atoms with van der Waals surface area (Å²) in [4.78, 5) is 25.2. The van der Waals surface area contributed by atoms with E-state index in [1.165, 1.54) is 17.0 Å². The monoisotopic (exact) mass is 314 g/mol. The van der Waals surface area contributed by atoms with Gasteiger partial charge in [-0.05, 0) is 37.1 Å². The average molecular weight is 314 g/mol. The van der Waals surface area contributed by atoms with Gasteiger partial charge in [-0.3, -0.25) is 14.5 Å². The number of anilines is 1.